The largest absolute Gasteiger partial charge is 0.393 e. The van der Waals surface area contributed by atoms with Crippen LogP contribution in [-0.4, -0.2) is 22.4 Å². The van der Waals surface area contributed by atoms with Crippen molar-refractivity contribution in [2.24, 2.45) is 5.92 Å². The zero-order valence-electron chi connectivity index (χ0n) is 8.84. The van der Waals surface area contributed by atoms with Gasteiger partial charge in [0.05, 0.1) is 12.2 Å². The summed E-state index contributed by atoms with van der Waals surface area (Å²) in [6.07, 6.45) is 2.77. The van der Waals surface area contributed by atoms with Gasteiger partial charge in [0.15, 0.2) is 0 Å². The quantitative estimate of drug-likeness (QED) is 0.791. The van der Waals surface area contributed by atoms with Crippen LogP contribution in [0.1, 0.15) is 24.8 Å². The van der Waals surface area contributed by atoms with Crippen LogP contribution in [0.3, 0.4) is 0 Å². The summed E-state index contributed by atoms with van der Waals surface area (Å²) in [7, 11) is 0. The van der Waals surface area contributed by atoms with Crippen molar-refractivity contribution in [2.75, 3.05) is 0 Å². The van der Waals surface area contributed by atoms with E-state index in [1.807, 2.05) is 30.3 Å². The van der Waals surface area contributed by atoms with Crippen molar-refractivity contribution in [1.29, 1.82) is 0 Å². The third-order valence-corrected chi connectivity index (χ3v) is 3.28. The molecule has 2 nitrogen and oxygen atoms in total. The lowest BCUT2D eigenvalue weighted by Gasteiger charge is -2.17. The first-order valence-electron chi connectivity index (χ1n) is 5.66. The van der Waals surface area contributed by atoms with Crippen molar-refractivity contribution < 1.29 is 10.2 Å². The summed E-state index contributed by atoms with van der Waals surface area (Å²) in [5, 5.41) is 19.4. The van der Waals surface area contributed by atoms with Crippen molar-refractivity contribution >= 4 is 0 Å². The van der Waals surface area contributed by atoms with Crippen LogP contribution in [0.25, 0.3) is 0 Å². The average molecular weight is 206 g/mol. The smallest absolute Gasteiger partial charge is 0.0609 e. The Morgan fingerprint density at radius 2 is 1.93 bits per heavy atom. The maximum atomic E-state index is 10.0. The van der Waals surface area contributed by atoms with Crippen LogP contribution in [0.2, 0.25) is 0 Å². The van der Waals surface area contributed by atoms with Crippen molar-refractivity contribution in [3.63, 3.8) is 0 Å². The molecule has 3 atom stereocenters. The second-order valence-electron chi connectivity index (χ2n) is 4.48. The molecule has 0 aromatic heterocycles. The number of rotatable bonds is 3. The fourth-order valence-corrected chi connectivity index (χ4v) is 2.36. The molecule has 0 amide bonds. The highest BCUT2D eigenvalue weighted by atomic mass is 16.3. The summed E-state index contributed by atoms with van der Waals surface area (Å²) >= 11 is 0. The van der Waals surface area contributed by atoms with Gasteiger partial charge in [-0.15, -0.1) is 0 Å². The standard InChI is InChI=1S/C13H18O2/c14-12-7-6-11(9-12)13(15)8-10-4-2-1-3-5-10/h1-5,11-15H,6-9H2. The summed E-state index contributed by atoms with van der Waals surface area (Å²) in [6.45, 7) is 0. The molecule has 82 valence electrons. The SMILES string of the molecule is OC1CCC(C(O)Cc2ccccc2)C1. The lowest BCUT2D eigenvalue weighted by atomic mass is 9.95. The first kappa shape index (κ1) is 10.7. The molecule has 3 unspecified atom stereocenters. The number of hydrogen-bond donors (Lipinski definition) is 2. The van der Waals surface area contributed by atoms with Gasteiger partial charge in [0.25, 0.3) is 0 Å². The summed E-state index contributed by atoms with van der Waals surface area (Å²) in [4.78, 5) is 0. The van der Waals surface area contributed by atoms with Gasteiger partial charge in [0.2, 0.25) is 0 Å². The first-order valence-corrected chi connectivity index (χ1v) is 5.66. The summed E-state index contributed by atoms with van der Waals surface area (Å²) < 4.78 is 0. The van der Waals surface area contributed by atoms with Gasteiger partial charge in [-0.25, -0.2) is 0 Å². The van der Waals surface area contributed by atoms with Crippen LogP contribution in [-0.2, 0) is 6.42 Å². The lowest BCUT2D eigenvalue weighted by molar-refractivity contribution is 0.0972. The Morgan fingerprint density at radius 1 is 1.20 bits per heavy atom. The zero-order chi connectivity index (χ0) is 10.7. The average Bonchev–Trinajstić information content (AvgIpc) is 2.66. The highest BCUT2D eigenvalue weighted by Gasteiger charge is 2.28. The third kappa shape index (κ3) is 2.80. The third-order valence-electron chi connectivity index (χ3n) is 3.28. The molecule has 1 aromatic carbocycles. The van der Waals surface area contributed by atoms with Gasteiger partial charge >= 0.3 is 0 Å². The molecule has 2 N–H and O–H groups in total. The molecule has 2 heteroatoms. The molecule has 0 saturated heterocycles. The number of hydrogen-bond acceptors (Lipinski definition) is 2. The van der Waals surface area contributed by atoms with E-state index in [1.54, 1.807) is 0 Å². The second kappa shape index (κ2) is 4.77. The Kier molecular flexibility index (Phi) is 3.39. The van der Waals surface area contributed by atoms with Crippen molar-refractivity contribution in [3.8, 4) is 0 Å². The Balaban J connectivity index is 1.90. The molecular formula is C13H18O2. The van der Waals surface area contributed by atoms with Crippen molar-refractivity contribution in [3.05, 3.63) is 35.9 Å². The zero-order valence-corrected chi connectivity index (χ0v) is 8.84. The van der Waals surface area contributed by atoms with Gasteiger partial charge in [0, 0.05) is 0 Å². The van der Waals surface area contributed by atoms with Crippen LogP contribution in [0, 0.1) is 5.92 Å². The lowest BCUT2D eigenvalue weighted by Crippen LogP contribution is -2.21. The maximum Gasteiger partial charge on any atom is 0.0609 e. The van der Waals surface area contributed by atoms with E-state index in [0.29, 0.717) is 6.42 Å². The van der Waals surface area contributed by atoms with E-state index in [0.717, 1.165) is 19.3 Å². The van der Waals surface area contributed by atoms with Gasteiger partial charge in [0.1, 0.15) is 0 Å². The predicted molar refractivity (Wildman–Crippen MR) is 59.5 cm³/mol. The molecule has 1 aliphatic carbocycles. The summed E-state index contributed by atoms with van der Waals surface area (Å²) in [5.74, 6) is 0.278. The highest BCUT2D eigenvalue weighted by Crippen LogP contribution is 2.29. The van der Waals surface area contributed by atoms with Crippen LogP contribution >= 0.6 is 0 Å². The van der Waals surface area contributed by atoms with Crippen LogP contribution < -0.4 is 0 Å². The molecule has 2 rings (SSSR count). The molecular weight excluding hydrogens is 188 g/mol. The molecule has 15 heavy (non-hydrogen) atoms. The Labute approximate surface area is 90.6 Å². The molecule has 0 aliphatic heterocycles. The molecule has 0 bridgehead atoms. The van der Waals surface area contributed by atoms with Gasteiger partial charge in [-0.05, 0) is 37.2 Å². The van der Waals surface area contributed by atoms with Gasteiger partial charge in [-0.3, -0.25) is 0 Å². The van der Waals surface area contributed by atoms with Crippen molar-refractivity contribution in [1.82, 2.24) is 0 Å². The second-order valence-corrected chi connectivity index (χ2v) is 4.48. The summed E-state index contributed by atoms with van der Waals surface area (Å²) in [5.41, 5.74) is 1.17. The van der Waals surface area contributed by atoms with E-state index < -0.39 is 0 Å². The molecule has 0 heterocycles. The van der Waals surface area contributed by atoms with E-state index in [4.69, 9.17) is 0 Å². The van der Waals surface area contributed by atoms with Gasteiger partial charge < -0.3 is 10.2 Å². The highest BCUT2D eigenvalue weighted by molar-refractivity contribution is 5.15. The van der Waals surface area contributed by atoms with Crippen LogP contribution in [0.5, 0.6) is 0 Å². The van der Waals surface area contributed by atoms with Crippen molar-refractivity contribution in [2.45, 2.75) is 37.9 Å². The van der Waals surface area contributed by atoms with Gasteiger partial charge in [-0.1, -0.05) is 30.3 Å². The minimum Gasteiger partial charge on any atom is -0.393 e. The van der Waals surface area contributed by atoms with E-state index in [2.05, 4.69) is 0 Å². The first-order chi connectivity index (χ1) is 7.25. The normalized spacial score (nSPS) is 27.9. The topological polar surface area (TPSA) is 40.5 Å². The van der Waals surface area contributed by atoms with E-state index in [9.17, 15) is 10.2 Å². The van der Waals surface area contributed by atoms with E-state index in [-0.39, 0.29) is 18.1 Å². The molecule has 1 aliphatic rings. The van der Waals surface area contributed by atoms with Crippen LogP contribution in [0.4, 0.5) is 0 Å². The van der Waals surface area contributed by atoms with Gasteiger partial charge in [-0.2, -0.15) is 0 Å². The maximum absolute atomic E-state index is 10.0. The molecule has 0 radical (unpaired) electrons. The van der Waals surface area contributed by atoms with Crippen LogP contribution in [0.15, 0.2) is 30.3 Å². The monoisotopic (exact) mass is 206 g/mol. The van der Waals surface area contributed by atoms with E-state index >= 15 is 0 Å². The molecule has 0 spiro atoms. The Bertz CT molecular complexity index is 297. The van der Waals surface area contributed by atoms with E-state index in [1.165, 1.54) is 5.56 Å². The number of aliphatic hydroxyl groups excluding tert-OH is 2. The fourth-order valence-electron chi connectivity index (χ4n) is 2.36. The molecule has 1 fully saturated rings. The molecule has 1 aromatic rings. The Hall–Kier alpha value is -0.860. The predicted octanol–water partition coefficient (Wildman–Crippen LogP) is 1.75. The Morgan fingerprint density at radius 3 is 2.53 bits per heavy atom. The molecule has 1 saturated carbocycles. The number of aliphatic hydroxyl groups is 2. The number of benzene rings is 1. The minimum atomic E-state index is -0.301. The minimum absolute atomic E-state index is 0.194. The fraction of sp³-hybridized carbons (Fsp3) is 0.538. The summed E-state index contributed by atoms with van der Waals surface area (Å²) in [6, 6.07) is 10.0.